The van der Waals surface area contributed by atoms with Gasteiger partial charge in [-0.1, -0.05) is 6.92 Å². The predicted molar refractivity (Wildman–Crippen MR) is 44.3 cm³/mol. The van der Waals surface area contributed by atoms with Crippen molar-refractivity contribution in [3.63, 3.8) is 0 Å². The highest BCUT2D eigenvalue weighted by Crippen LogP contribution is 2.23. The van der Waals surface area contributed by atoms with Gasteiger partial charge < -0.3 is 5.11 Å². The maximum Gasteiger partial charge on any atom is 0.0798 e. The number of aliphatic hydroxyl groups excluding tert-OH is 1. The van der Waals surface area contributed by atoms with Crippen LogP contribution in [0.3, 0.4) is 0 Å². The van der Waals surface area contributed by atoms with Crippen molar-refractivity contribution in [2.24, 2.45) is 0 Å². The fraction of sp³-hybridized carbons (Fsp3) is 0.500. The van der Waals surface area contributed by atoms with E-state index in [9.17, 15) is 5.11 Å². The first kappa shape index (κ1) is 7.76. The Balaban J connectivity index is 2.82. The number of hydrogen-bond donors (Lipinski definition) is 1. The van der Waals surface area contributed by atoms with Gasteiger partial charge in [0.05, 0.1) is 6.10 Å². The molecule has 0 fully saturated rings. The minimum atomic E-state index is -0.258. The Hall–Kier alpha value is -0.340. The molecule has 0 aliphatic rings. The quantitative estimate of drug-likeness (QED) is 0.697. The minimum absolute atomic E-state index is 0.258. The lowest BCUT2D eigenvalue weighted by Gasteiger charge is -2.05. The van der Waals surface area contributed by atoms with Crippen LogP contribution in [0.5, 0.6) is 0 Å². The van der Waals surface area contributed by atoms with Crippen molar-refractivity contribution in [2.45, 2.75) is 26.4 Å². The van der Waals surface area contributed by atoms with Crippen LogP contribution in [0.25, 0.3) is 0 Å². The Morgan fingerprint density at radius 1 is 1.60 bits per heavy atom. The lowest BCUT2D eigenvalue weighted by molar-refractivity contribution is 0.173. The van der Waals surface area contributed by atoms with Gasteiger partial charge in [-0.25, -0.2) is 0 Å². The standard InChI is InChI=1S/C8H12OS/c1-3-8(9)7-5-10-4-6(7)2/h4-5,8-9H,3H2,1-2H3. The van der Waals surface area contributed by atoms with Gasteiger partial charge in [-0.05, 0) is 35.2 Å². The third-order valence-electron chi connectivity index (χ3n) is 1.64. The average molecular weight is 156 g/mol. The van der Waals surface area contributed by atoms with Crippen molar-refractivity contribution >= 4 is 11.3 Å². The number of hydrogen-bond acceptors (Lipinski definition) is 2. The van der Waals surface area contributed by atoms with Crippen molar-refractivity contribution in [3.8, 4) is 0 Å². The summed E-state index contributed by atoms with van der Waals surface area (Å²) in [7, 11) is 0. The zero-order valence-electron chi connectivity index (χ0n) is 6.29. The second kappa shape index (κ2) is 3.17. The molecule has 1 heterocycles. The van der Waals surface area contributed by atoms with Crippen LogP contribution in [0.2, 0.25) is 0 Å². The molecule has 1 unspecified atom stereocenters. The summed E-state index contributed by atoms with van der Waals surface area (Å²) in [5.41, 5.74) is 2.30. The van der Waals surface area contributed by atoms with Gasteiger partial charge in [-0.2, -0.15) is 11.3 Å². The molecule has 0 aliphatic heterocycles. The largest absolute Gasteiger partial charge is 0.388 e. The molecule has 1 atom stereocenters. The van der Waals surface area contributed by atoms with Crippen LogP contribution in [-0.4, -0.2) is 5.11 Å². The highest BCUT2D eigenvalue weighted by atomic mass is 32.1. The fourth-order valence-electron chi connectivity index (χ4n) is 0.932. The minimum Gasteiger partial charge on any atom is -0.388 e. The van der Waals surface area contributed by atoms with Crippen LogP contribution in [0, 0.1) is 6.92 Å². The lowest BCUT2D eigenvalue weighted by atomic mass is 10.1. The Morgan fingerprint density at radius 3 is 2.70 bits per heavy atom. The molecular weight excluding hydrogens is 144 g/mol. The molecule has 0 amide bonds. The lowest BCUT2D eigenvalue weighted by Crippen LogP contribution is -1.93. The van der Waals surface area contributed by atoms with E-state index >= 15 is 0 Å². The SMILES string of the molecule is CCC(O)c1cscc1C. The van der Waals surface area contributed by atoms with Crippen molar-refractivity contribution in [2.75, 3.05) is 0 Å². The second-order valence-electron chi connectivity index (χ2n) is 2.43. The molecule has 0 aliphatic carbocycles. The van der Waals surface area contributed by atoms with E-state index in [2.05, 4.69) is 5.38 Å². The fourth-order valence-corrected chi connectivity index (χ4v) is 1.83. The molecule has 1 rings (SSSR count). The zero-order valence-corrected chi connectivity index (χ0v) is 7.11. The molecule has 0 radical (unpaired) electrons. The molecule has 2 heteroatoms. The van der Waals surface area contributed by atoms with E-state index in [0.29, 0.717) is 0 Å². The highest BCUT2D eigenvalue weighted by molar-refractivity contribution is 7.08. The molecule has 0 saturated carbocycles. The summed E-state index contributed by atoms with van der Waals surface area (Å²) in [4.78, 5) is 0. The van der Waals surface area contributed by atoms with Gasteiger partial charge in [-0.3, -0.25) is 0 Å². The van der Waals surface area contributed by atoms with E-state index < -0.39 is 0 Å². The maximum atomic E-state index is 9.41. The molecule has 0 aromatic carbocycles. The summed E-state index contributed by atoms with van der Waals surface area (Å²) < 4.78 is 0. The molecule has 0 saturated heterocycles. The van der Waals surface area contributed by atoms with Gasteiger partial charge >= 0.3 is 0 Å². The summed E-state index contributed by atoms with van der Waals surface area (Å²) in [5.74, 6) is 0. The van der Waals surface area contributed by atoms with Crippen molar-refractivity contribution in [1.29, 1.82) is 0 Å². The normalized spacial score (nSPS) is 13.5. The highest BCUT2D eigenvalue weighted by Gasteiger charge is 2.07. The molecular formula is C8H12OS. The van der Waals surface area contributed by atoms with Gasteiger partial charge in [0.15, 0.2) is 0 Å². The van der Waals surface area contributed by atoms with E-state index in [1.165, 1.54) is 5.56 Å². The van der Waals surface area contributed by atoms with Crippen LogP contribution in [0.1, 0.15) is 30.6 Å². The summed E-state index contributed by atoms with van der Waals surface area (Å²) in [6, 6.07) is 0. The monoisotopic (exact) mass is 156 g/mol. The summed E-state index contributed by atoms with van der Waals surface area (Å²) >= 11 is 1.65. The predicted octanol–water partition coefficient (Wildman–Crippen LogP) is 2.50. The van der Waals surface area contributed by atoms with E-state index in [4.69, 9.17) is 0 Å². The van der Waals surface area contributed by atoms with Crippen LogP contribution in [0.4, 0.5) is 0 Å². The van der Waals surface area contributed by atoms with Crippen molar-refractivity contribution < 1.29 is 5.11 Å². The molecule has 1 aromatic heterocycles. The Kier molecular flexibility index (Phi) is 2.46. The Morgan fingerprint density at radius 2 is 2.30 bits per heavy atom. The van der Waals surface area contributed by atoms with Crippen LogP contribution in [-0.2, 0) is 0 Å². The number of aryl methyl sites for hydroxylation is 1. The molecule has 1 N–H and O–H groups in total. The molecule has 0 spiro atoms. The van der Waals surface area contributed by atoms with Crippen molar-refractivity contribution in [1.82, 2.24) is 0 Å². The first-order valence-corrected chi connectivity index (χ1v) is 4.40. The van der Waals surface area contributed by atoms with Crippen molar-refractivity contribution in [3.05, 3.63) is 21.9 Å². The zero-order chi connectivity index (χ0) is 7.56. The second-order valence-corrected chi connectivity index (χ2v) is 3.18. The van der Waals surface area contributed by atoms with Crippen LogP contribution >= 0.6 is 11.3 Å². The van der Waals surface area contributed by atoms with E-state index in [1.54, 1.807) is 11.3 Å². The van der Waals surface area contributed by atoms with Gasteiger partial charge in [0.1, 0.15) is 0 Å². The van der Waals surface area contributed by atoms with Gasteiger partial charge in [0.25, 0.3) is 0 Å². The van der Waals surface area contributed by atoms with E-state index in [-0.39, 0.29) is 6.10 Å². The Bertz CT molecular complexity index is 205. The van der Waals surface area contributed by atoms with E-state index in [1.807, 2.05) is 19.2 Å². The smallest absolute Gasteiger partial charge is 0.0798 e. The third kappa shape index (κ3) is 1.39. The number of aliphatic hydroxyl groups is 1. The topological polar surface area (TPSA) is 20.2 Å². The molecule has 1 aromatic rings. The van der Waals surface area contributed by atoms with E-state index in [0.717, 1.165) is 12.0 Å². The van der Waals surface area contributed by atoms with Gasteiger partial charge in [0.2, 0.25) is 0 Å². The maximum absolute atomic E-state index is 9.41. The molecule has 0 bridgehead atoms. The Labute approximate surface area is 65.3 Å². The summed E-state index contributed by atoms with van der Waals surface area (Å²) in [6.45, 7) is 4.02. The van der Waals surface area contributed by atoms with Crippen LogP contribution < -0.4 is 0 Å². The first-order valence-electron chi connectivity index (χ1n) is 3.46. The first-order chi connectivity index (χ1) is 4.75. The third-order valence-corrected chi connectivity index (χ3v) is 2.52. The number of thiophene rings is 1. The summed E-state index contributed by atoms with van der Waals surface area (Å²) in [6.07, 6.45) is 0.545. The molecule has 56 valence electrons. The summed E-state index contributed by atoms with van der Waals surface area (Å²) in [5, 5.41) is 13.5. The van der Waals surface area contributed by atoms with Crippen LogP contribution in [0.15, 0.2) is 10.8 Å². The molecule has 1 nitrogen and oxygen atoms in total. The number of rotatable bonds is 2. The average Bonchev–Trinajstić information content (AvgIpc) is 2.34. The van der Waals surface area contributed by atoms with Gasteiger partial charge in [0, 0.05) is 0 Å². The van der Waals surface area contributed by atoms with Gasteiger partial charge in [-0.15, -0.1) is 0 Å². The molecule has 10 heavy (non-hydrogen) atoms.